The number of hydrogen-bond donors (Lipinski definition) is 0. The first kappa shape index (κ1) is 31.8. The summed E-state index contributed by atoms with van der Waals surface area (Å²) in [5.41, 5.74) is 6.64. The molecular formula is C41H46O2P+. The van der Waals surface area contributed by atoms with Crippen LogP contribution in [0.3, 0.4) is 0 Å². The van der Waals surface area contributed by atoms with E-state index < -0.39 is 7.26 Å². The molecule has 44 heavy (non-hydrogen) atoms. The second-order valence-corrected chi connectivity index (χ2v) is 15.9. The number of carbonyl (C=O) groups is 2. The number of allylic oxidation sites excluding steroid dienone is 2. The number of unbranched alkanes of at least 4 members (excludes halogenated alkanes) is 6. The van der Waals surface area contributed by atoms with Gasteiger partial charge in [0.05, 0.1) is 6.16 Å². The predicted octanol–water partition coefficient (Wildman–Crippen LogP) is 9.42. The van der Waals surface area contributed by atoms with Gasteiger partial charge in [0.25, 0.3) is 0 Å². The molecule has 0 saturated carbocycles. The zero-order valence-electron chi connectivity index (χ0n) is 26.9. The van der Waals surface area contributed by atoms with Crippen molar-refractivity contribution in [2.45, 2.75) is 79.1 Å². The summed E-state index contributed by atoms with van der Waals surface area (Å²) in [6.45, 7) is 8.67. The Hall–Kier alpha value is -3.61. The van der Waals surface area contributed by atoms with E-state index in [9.17, 15) is 9.59 Å². The fourth-order valence-corrected chi connectivity index (χ4v) is 12.4. The van der Waals surface area contributed by atoms with Crippen LogP contribution < -0.4 is 15.9 Å². The maximum Gasteiger partial charge on any atom is 0.190 e. The number of rotatable bonds is 13. The Morgan fingerprint density at radius 1 is 0.455 bits per heavy atom. The summed E-state index contributed by atoms with van der Waals surface area (Å²) in [4.78, 5) is 25.9. The number of hydrogen-bond acceptors (Lipinski definition) is 2. The van der Waals surface area contributed by atoms with Crippen LogP contribution in [0.4, 0.5) is 0 Å². The summed E-state index contributed by atoms with van der Waals surface area (Å²) in [7, 11) is -1.85. The lowest BCUT2D eigenvalue weighted by molar-refractivity contribution is 0.0971. The largest absolute Gasteiger partial charge is 0.289 e. The minimum Gasteiger partial charge on any atom is -0.289 e. The second-order valence-electron chi connectivity index (χ2n) is 12.4. The number of carbonyl (C=O) groups excluding carboxylic acids is 2. The number of benzene rings is 4. The van der Waals surface area contributed by atoms with Gasteiger partial charge in [-0.25, -0.2) is 0 Å². The van der Waals surface area contributed by atoms with Crippen LogP contribution in [0.5, 0.6) is 0 Å². The maximum atomic E-state index is 13.1. The molecule has 0 bridgehead atoms. The van der Waals surface area contributed by atoms with Crippen LogP contribution in [-0.4, -0.2) is 17.7 Å². The lowest BCUT2D eigenvalue weighted by Gasteiger charge is -2.31. The van der Waals surface area contributed by atoms with Gasteiger partial charge in [-0.3, -0.25) is 9.59 Å². The highest BCUT2D eigenvalue weighted by Crippen LogP contribution is 2.58. The van der Waals surface area contributed by atoms with Gasteiger partial charge >= 0.3 is 0 Å². The van der Waals surface area contributed by atoms with E-state index in [0.29, 0.717) is 23.1 Å². The molecule has 0 spiro atoms. The standard InChI is InChI=1S/C41H46O2P/c1-30-20-11-16-26-37(30)44(38-27-17-12-21-31(38)2,39-28-18-13-22-32(39)3)29-19-9-7-5-6-8-10-23-34-33(4)40(42)35-24-14-15-25-36(35)41(34)43/h11-18,20-22,24-28H,5-10,19,23,29H2,1-4H3/q+1. The molecule has 0 aliphatic heterocycles. The van der Waals surface area contributed by atoms with Gasteiger partial charge in [-0.05, 0) is 88.3 Å². The van der Waals surface area contributed by atoms with Gasteiger partial charge in [0.2, 0.25) is 0 Å². The third-order valence-electron chi connectivity index (χ3n) is 9.48. The van der Waals surface area contributed by atoms with Crippen LogP contribution in [0.2, 0.25) is 0 Å². The fourth-order valence-electron chi connectivity index (χ4n) is 7.11. The van der Waals surface area contributed by atoms with E-state index in [4.69, 9.17) is 0 Å². The topological polar surface area (TPSA) is 34.1 Å². The van der Waals surface area contributed by atoms with E-state index in [2.05, 4.69) is 93.6 Å². The molecule has 0 fully saturated rings. The van der Waals surface area contributed by atoms with E-state index in [-0.39, 0.29) is 11.6 Å². The average molecular weight is 602 g/mol. The summed E-state index contributed by atoms with van der Waals surface area (Å²) >= 11 is 0. The molecule has 0 aromatic heterocycles. The van der Waals surface area contributed by atoms with E-state index in [0.717, 1.165) is 18.4 Å². The lowest BCUT2D eigenvalue weighted by atomic mass is 9.82. The van der Waals surface area contributed by atoms with E-state index >= 15 is 0 Å². The highest BCUT2D eigenvalue weighted by atomic mass is 31.2. The van der Waals surface area contributed by atoms with Gasteiger partial charge < -0.3 is 0 Å². The van der Waals surface area contributed by atoms with Gasteiger partial charge in [0, 0.05) is 22.3 Å². The zero-order valence-corrected chi connectivity index (χ0v) is 27.8. The molecular weight excluding hydrogens is 555 g/mol. The van der Waals surface area contributed by atoms with Crippen molar-refractivity contribution >= 4 is 34.7 Å². The molecule has 3 heteroatoms. The first-order valence-corrected chi connectivity index (χ1v) is 18.3. The summed E-state index contributed by atoms with van der Waals surface area (Å²) in [6, 6.07) is 34.4. The Labute approximate surface area is 265 Å². The van der Waals surface area contributed by atoms with Gasteiger partial charge in [-0.2, -0.15) is 0 Å². The molecule has 4 aromatic carbocycles. The molecule has 0 saturated heterocycles. The fraction of sp³-hybridized carbons (Fsp3) is 0.317. The predicted molar refractivity (Wildman–Crippen MR) is 189 cm³/mol. The lowest BCUT2D eigenvalue weighted by Crippen LogP contribution is -2.37. The van der Waals surface area contributed by atoms with E-state index in [1.54, 1.807) is 12.1 Å². The normalized spacial score (nSPS) is 13.4. The quantitative estimate of drug-likeness (QED) is 0.113. The van der Waals surface area contributed by atoms with Gasteiger partial charge in [0.1, 0.15) is 23.2 Å². The minimum absolute atomic E-state index is 0.0104. The monoisotopic (exact) mass is 601 g/mol. The molecule has 1 aliphatic rings. The van der Waals surface area contributed by atoms with Crippen molar-refractivity contribution in [2.75, 3.05) is 6.16 Å². The van der Waals surface area contributed by atoms with Crippen LogP contribution in [0.25, 0.3) is 0 Å². The molecule has 0 unspecified atom stereocenters. The molecule has 0 radical (unpaired) electrons. The average Bonchev–Trinajstić information content (AvgIpc) is 3.04. The van der Waals surface area contributed by atoms with Gasteiger partial charge in [-0.1, -0.05) is 105 Å². The van der Waals surface area contributed by atoms with Crippen molar-refractivity contribution < 1.29 is 9.59 Å². The van der Waals surface area contributed by atoms with Crippen molar-refractivity contribution in [1.29, 1.82) is 0 Å². The summed E-state index contributed by atoms with van der Waals surface area (Å²) in [5.74, 6) is 0.0525. The van der Waals surface area contributed by atoms with Gasteiger partial charge in [0.15, 0.2) is 11.6 Å². The van der Waals surface area contributed by atoms with Crippen LogP contribution >= 0.6 is 7.26 Å². The molecule has 5 rings (SSSR count). The van der Waals surface area contributed by atoms with Crippen molar-refractivity contribution in [3.63, 3.8) is 0 Å². The number of ketones is 2. The van der Waals surface area contributed by atoms with Crippen LogP contribution in [0.15, 0.2) is 108 Å². The smallest absolute Gasteiger partial charge is 0.190 e. The van der Waals surface area contributed by atoms with Crippen molar-refractivity contribution in [2.24, 2.45) is 0 Å². The molecule has 0 atom stereocenters. The molecule has 0 heterocycles. The van der Waals surface area contributed by atoms with Crippen molar-refractivity contribution in [3.05, 3.63) is 136 Å². The van der Waals surface area contributed by atoms with Crippen molar-refractivity contribution in [3.8, 4) is 0 Å². The molecule has 0 amide bonds. The van der Waals surface area contributed by atoms with Crippen LogP contribution in [0, 0.1) is 20.8 Å². The number of Topliss-reactive ketones (excluding diaryl/α,β-unsaturated/α-hetero) is 2. The SMILES string of the molecule is CC1=C(CCCCCCCCC[P+](c2ccccc2C)(c2ccccc2C)c2ccccc2C)C(=O)c2ccccc2C1=O. The second kappa shape index (κ2) is 14.4. The third kappa shape index (κ3) is 6.43. The summed E-state index contributed by atoms with van der Waals surface area (Å²) in [6.07, 6.45) is 9.94. The summed E-state index contributed by atoms with van der Waals surface area (Å²) in [5, 5.41) is 4.56. The Balaban J connectivity index is 1.21. The van der Waals surface area contributed by atoms with E-state index in [1.807, 2.05) is 19.1 Å². The van der Waals surface area contributed by atoms with Crippen LogP contribution in [0.1, 0.15) is 95.7 Å². The van der Waals surface area contributed by atoms with Crippen molar-refractivity contribution in [1.82, 2.24) is 0 Å². The Morgan fingerprint density at radius 2 is 0.841 bits per heavy atom. The minimum atomic E-state index is -1.85. The Morgan fingerprint density at radius 3 is 1.32 bits per heavy atom. The zero-order chi connectivity index (χ0) is 31.1. The van der Waals surface area contributed by atoms with Crippen LogP contribution in [-0.2, 0) is 0 Å². The maximum absolute atomic E-state index is 13.1. The number of fused-ring (bicyclic) bond motifs is 1. The van der Waals surface area contributed by atoms with E-state index in [1.165, 1.54) is 70.9 Å². The third-order valence-corrected chi connectivity index (χ3v) is 14.4. The first-order chi connectivity index (χ1) is 21.4. The molecule has 2 nitrogen and oxygen atoms in total. The number of aryl methyl sites for hydroxylation is 3. The first-order valence-electron chi connectivity index (χ1n) is 16.3. The highest BCUT2D eigenvalue weighted by molar-refractivity contribution is 7.96. The highest BCUT2D eigenvalue weighted by Gasteiger charge is 2.47. The molecule has 0 N–H and O–H groups in total. The summed E-state index contributed by atoms with van der Waals surface area (Å²) < 4.78 is 0. The molecule has 226 valence electrons. The van der Waals surface area contributed by atoms with Gasteiger partial charge in [-0.15, -0.1) is 0 Å². The molecule has 4 aromatic rings. The molecule has 1 aliphatic carbocycles. The Kier molecular flexibility index (Phi) is 10.4. The Bertz CT molecular complexity index is 1570.